The van der Waals surface area contributed by atoms with Crippen molar-refractivity contribution in [2.45, 2.75) is 24.7 Å². The second-order valence-corrected chi connectivity index (χ2v) is 6.75. The van der Waals surface area contributed by atoms with Crippen molar-refractivity contribution in [3.63, 3.8) is 0 Å². The molecule has 5 heteroatoms. The maximum atomic E-state index is 12.0. The molecule has 1 heterocycles. The molecule has 20 heavy (non-hydrogen) atoms. The Balaban J connectivity index is 1.72. The van der Waals surface area contributed by atoms with Gasteiger partial charge in [0.2, 0.25) is 0 Å². The van der Waals surface area contributed by atoms with Crippen LogP contribution in [0.2, 0.25) is 0 Å². The first-order valence-corrected chi connectivity index (χ1v) is 7.78. The summed E-state index contributed by atoms with van der Waals surface area (Å²) in [6, 6.07) is 9.79. The van der Waals surface area contributed by atoms with Crippen molar-refractivity contribution < 1.29 is 9.53 Å². The van der Waals surface area contributed by atoms with Crippen LogP contribution in [-0.4, -0.2) is 47.7 Å². The van der Waals surface area contributed by atoms with Crippen LogP contribution >= 0.6 is 11.9 Å². The highest BCUT2D eigenvalue weighted by Gasteiger charge is 2.24. The van der Waals surface area contributed by atoms with Crippen LogP contribution in [0, 0.1) is 0 Å². The van der Waals surface area contributed by atoms with Crippen molar-refractivity contribution in [3.05, 3.63) is 35.9 Å². The van der Waals surface area contributed by atoms with Gasteiger partial charge in [-0.25, -0.2) is 4.79 Å². The minimum Gasteiger partial charge on any atom is -0.445 e. The molecule has 2 rings (SSSR count). The molecule has 1 aromatic rings. The maximum Gasteiger partial charge on any atom is 0.410 e. The first kappa shape index (κ1) is 15.2. The largest absolute Gasteiger partial charge is 0.445 e. The number of likely N-dealkylation sites (tertiary alicyclic amines) is 1. The summed E-state index contributed by atoms with van der Waals surface area (Å²) in [4.78, 5) is 13.8. The highest BCUT2D eigenvalue weighted by atomic mass is 32.2. The predicted octanol–water partition coefficient (Wildman–Crippen LogP) is 3.00. The summed E-state index contributed by atoms with van der Waals surface area (Å²) in [7, 11) is 4.12. The quantitative estimate of drug-likeness (QED) is 0.799. The fourth-order valence-corrected chi connectivity index (χ4v) is 3.27. The number of ether oxygens (including phenoxy) is 1. The smallest absolute Gasteiger partial charge is 0.410 e. The van der Waals surface area contributed by atoms with E-state index in [0.29, 0.717) is 11.9 Å². The molecule has 0 aliphatic carbocycles. The molecule has 1 aliphatic rings. The molecule has 1 saturated heterocycles. The molecule has 1 aliphatic heterocycles. The third-order valence-corrected chi connectivity index (χ3v) is 4.46. The first-order valence-electron chi connectivity index (χ1n) is 6.95. The summed E-state index contributed by atoms with van der Waals surface area (Å²) in [5, 5.41) is 0.614. The van der Waals surface area contributed by atoms with Crippen molar-refractivity contribution >= 4 is 18.0 Å². The number of hydrogen-bond donors (Lipinski definition) is 0. The van der Waals surface area contributed by atoms with Gasteiger partial charge in [0, 0.05) is 18.3 Å². The van der Waals surface area contributed by atoms with Crippen molar-refractivity contribution in [1.29, 1.82) is 0 Å². The number of carbonyl (C=O) groups excluding carboxylic acids is 1. The molecule has 0 aromatic heterocycles. The Morgan fingerprint density at radius 2 is 1.95 bits per heavy atom. The molecule has 1 aromatic carbocycles. The lowest BCUT2D eigenvalue weighted by atomic mass is 10.1. The Hall–Kier alpha value is -1.20. The SMILES string of the molecule is CN(C)SC1CCN(C(=O)OCc2ccccc2)CC1. The number of rotatable bonds is 4. The Bertz CT molecular complexity index is 417. The Morgan fingerprint density at radius 1 is 1.30 bits per heavy atom. The molecule has 1 fully saturated rings. The molecular formula is C15H22N2O2S. The van der Waals surface area contributed by atoms with Gasteiger partial charge in [-0.2, -0.15) is 0 Å². The van der Waals surface area contributed by atoms with Gasteiger partial charge in [-0.3, -0.25) is 4.31 Å². The van der Waals surface area contributed by atoms with E-state index >= 15 is 0 Å². The molecular weight excluding hydrogens is 272 g/mol. The fraction of sp³-hybridized carbons (Fsp3) is 0.533. The van der Waals surface area contributed by atoms with Gasteiger partial charge in [0.15, 0.2) is 0 Å². The average Bonchev–Trinajstić information content (AvgIpc) is 2.46. The van der Waals surface area contributed by atoms with Crippen molar-refractivity contribution in [2.75, 3.05) is 27.2 Å². The number of amides is 1. The fourth-order valence-electron chi connectivity index (χ4n) is 2.25. The lowest BCUT2D eigenvalue weighted by molar-refractivity contribution is 0.0900. The van der Waals surface area contributed by atoms with Crippen LogP contribution in [0.4, 0.5) is 4.79 Å². The van der Waals surface area contributed by atoms with E-state index in [9.17, 15) is 4.79 Å². The van der Waals surface area contributed by atoms with Gasteiger partial charge in [-0.15, -0.1) is 0 Å². The standard InChI is InChI=1S/C15H22N2O2S/c1-16(2)20-14-8-10-17(11-9-14)15(18)19-12-13-6-4-3-5-7-13/h3-7,14H,8-12H2,1-2H3. The lowest BCUT2D eigenvalue weighted by Gasteiger charge is -2.31. The maximum absolute atomic E-state index is 12.0. The number of nitrogens with zero attached hydrogens (tertiary/aromatic N) is 2. The lowest BCUT2D eigenvalue weighted by Crippen LogP contribution is -2.40. The van der Waals surface area contributed by atoms with E-state index in [2.05, 4.69) is 18.4 Å². The van der Waals surface area contributed by atoms with Crippen molar-refractivity contribution in [3.8, 4) is 0 Å². The molecule has 0 unspecified atom stereocenters. The van der Waals surface area contributed by atoms with E-state index in [-0.39, 0.29) is 6.09 Å². The van der Waals surface area contributed by atoms with Gasteiger partial charge >= 0.3 is 6.09 Å². The highest BCUT2D eigenvalue weighted by Crippen LogP contribution is 2.24. The zero-order chi connectivity index (χ0) is 14.4. The third-order valence-electron chi connectivity index (χ3n) is 3.27. The number of carbonyl (C=O) groups is 1. The number of hydrogen-bond acceptors (Lipinski definition) is 4. The molecule has 0 bridgehead atoms. The predicted molar refractivity (Wildman–Crippen MR) is 82.5 cm³/mol. The second-order valence-electron chi connectivity index (χ2n) is 5.14. The summed E-state index contributed by atoms with van der Waals surface area (Å²) >= 11 is 1.85. The Morgan fingerprint density at radius 3 is 2.55 bits per heavy atom. The van der Waals surface area contributed by atoms with Crippen molar-refractivity contribution in [1.82, 2.24) is 9.21 Å². The van der Waals surface area contributed by atoms with Gasteiger partial charge in [0.25, 0.3) is 0 Å². The normalized spacial score (nSPS) is 16.4. The minimum absolute atomic E-state index is 0.192. The molecule has 1 amide bonds. The molecule has 110 valence electrons. The molecule has 0 spiro atoms. The Kier molecular flexibility index (Phi) is 5.73. The van der Waals surface area contributed by atoms with Gasteiger partial charge in [0.05, 0.1) is 0 Å². The number of piperidine rings is 1. The monoisotopic (exact) mass is 294 g/mol. The topological polar surface area (TPSA) is 32.8 Å². The van der Waals surface area contributed by atoms with Gasteiger partial charge < -0.3 is 9.64 Å². The molecule has 0 saturated carbocycles. The van der Waals surface area contributed by atoms with E-state index in [0.717, 1.165) is 31.5 Å². The van der Waals surface area contributed by atoms with Crippen molar-refractivity contribution in [2.24, 2.45) is 0 Å². The number of benzene rings is 1. The summed E-state index contributed by atoms with van der Waals surface area (Å²) in [6.07, 6.45) is 1.87. The first-order chi connectivity index (χ1) is 9.65. The molecule has 0 N–H and O–H groups in total. The van der Waals surface area contributed by atoms with Gasteiger partial charge in [-0.05, 0) is 32.5 Å². The third kappa shape index (κ3) is 4.72. The zero-order valence-electron chi connectivity index (χ0n) is 12.1. The van der Waals surface area contributed by atoms with E-state index in [4.69, 9.17) is 4.74 Å². The molecule has 0 radical (unpaired) electrons. The zero-order valence-corrected chi connectivity index (χ0v) is 12.9. The minimum atomic E-state index is -0.192. The Labute approximate surface area is 125 Å². The summed E-state index contributed by atoms with van der Waals surface area (Å²) < 4.78 is 7.49. The average molecular weight is 294 g/mol. The highest BCUT2D eigenvalue weighted by molar-refractivity contribution is 7.97. The van der Waals surface area contributed by atoms with Crippen LogP contribution < -0.4 is 0 Å². The van der Waals surface area contributed by atoms with E-state index in [1.807, 2.05) is 47.2 Å². The van der Waals surface area contributed by atoms with Crippen LogP contribution in [0.25, 0.3) is 0 Å². The van der Waals surface area contributed by atoms with Crippen LogP contribution in [0.1, 0.15) is 18.4 Å². The van der Waals surface area contributed by atoms with Gasteiger partial charge in [-0.1, -0.05) is 42.3 Å². The van der Waals surface area contributed by atoms with E-state index in [1.165, 1.54) is 0 Å². The molecule has 4 nitrogen and oxygen atoms in total. The van der Waals surface area contributed by atoms with Crippen LogP contribution in [0.15, 0.2) is 30.3 Å². The van der Waals surface area contributed by atoms with Gasteiger partial charge in [0.1, 0.15) is 6.61 Å². The van der Waals surface area contributed by atoms with Crippen LogP contribution in [-0.2, 0) is 11.3 Å². The summed E-state index contributed by atoms with van der Waals surface area (Å²) in [6.45, 7) is 1.93. The summed E-state index contributed by atoms with van der Waals surface area (Å²) in [5.41, 5.74) is 1.03. The summed E-state index contributed by atoms with van der Waals surface area (Å²) in [5.74, 6) is 0. The second kappa shape index (κ2) is 7.55. The van der Waals surface area contributed by atoms with Crippen LogP contribution in [0.3, 0.4) is 0 Å². The van der Waals surface area contributed by atoms with E-state index in [1.54, 1.807) is 0 Å². The van der Waals surface area contributed by atoms with E-state index < -0.39 is 0 Å². The van der Waals surface area contributed by atoms with Crippen LogP contribution in [0.5, 0.6) is 0 Å². The molecule has 0 atom stereocenters.